The Kier molecular flexibility index (Phi) is 4.42. The lowest BCUT2D eigenvalue weighted by Gasteiger charge is -2.38. The van der Waals surface area contributed by atoms with Gasteiger partial charge in [0.2, 0.25) is 0 Å². The van der Waals surface area contributed by atoms with E-state index in [9.17, 15) is 9.50 Å². The van der Waals surface area contributed by atoms with Crippen molar-refractivity contribution in [3.8, 4) is 0 Å². The first-order valence-electron chi connectivity index (χ1n) is 6.88. The van der Waals surface area contributed by atoms with E-state index in [0.29, 0.717) is 17.3 Å². The van der Waals surface area contributed by atoms with Gasteiger partial charge in [-0.2, -0.15) is 0 Å². The van der Waals surface area contributed by atoms with Crippen LogP contribution in [0.2, 0.25) is 0 Å². The number of hydrogen-bond donors (Lipinski definition) is 1. The summed E-state index contributed by atoms with van der Waals surface area (Å²) >= 11 is 0. The molecular weight excluding hydrogens is 243 g/mol. The zero-order valence-electron chi connectivity index (χ0n) is 11.9. The second kappa shape index (κ2) is 5.88. The van der Waals surface area contributed by atoms with Crippen LogP contribution in [0.1, 0.15) is 31.4 Å². The fourth-order valence-corrected chi connectivity index (χ4v) is 2.78. The molecule has 1 aromatic rings. The molecular formula is C15H23FN2O. The summed E-state index contributed by atoms with van der Waals surface area (Å²) in [5.41, 5.74) is 1.25. The summed E-state index contributed by atoms with van der Waals surface area (Å²) in [6, 6.07) is 5.38. The Morgan fingerprint density at radius 2 is 2.16 bits per heavy atom. The van der Waals surface area contributed by atoms with E-state index >= 15 is 0 Å². The van der Waals surface area contributed by atoms with Gasteiger partial charge in [-0.15, -0.1) is 0 Å². The summed E-state index contributed by atoms with van der Waals surface area (Å²) in [5, 5.41) is 9.83. The first-order valence-corrected chi connectivity index (χ1v) is 6.88. The van der Waals surface area contributed by atoms with Gasteiger partial charge < -0.3 is 14.9 Å². The van der Waals surface area contributed by atoms with Crippen LogP contribution in [0.25, 0.3) is 0 Å². The summed E-state index contributed by atoms with van der Waals surface area (Å²) in [7, 11) is 4.12. The lowest BCUT2D eigenvalue weighted by Crippen LogP contribution is -2.45. The molecule has 0 aliphatic carbocycles. The molecule has 1 aromatic carbocycles. The number of para-hydroxylation sites is 1. The van der Waals surface area contributed by atoms with Crippen molar-refractivity contribution in [1.29, 1.82) is 0 Å². The normalized spacial score (nSPS) is 21.8. The quantitative estimate of drug-likeness (QED) is 0.910. The second-order valence-corrected chi connectivity index (χ2v) is 5.56. The van der Waals surface area contributed by atoms with Crippen molar-refractivity contribution >= 4 is 5.69 Å². The van der Waals surface area contributed by atoms with Crippen LogP contribution in [0.15, 0.2) is 18.2 Å². The molecule has 1 heterocycles. The van der Waals surface area contributed by atoms with Gasteiger partial charge in [-0.1, -0.05) is 12.1 Å². The van der Waals surface area contributed by atoms with E-state index in [0.717, 1.165) is 25.9 Å². The molecule has 1 aliphatic heterocycles. The van der Waals surface area contributed by atoms with Gasteiger partial charge in [0.1, 0.15) is 5.82 Å². The van der Waals surface area contributed by atoms with Crippen molar-refractivity contribution in [2.45, 2.75) is 31.9 Å². The molecule has 2 atom stereocenters. The first-order chi connectivity index (χ1) is 9.00. The number of piperidine rings is 1. The Balaban J connectivity index is 2.30. The Morgan fingerprint density at radius 1 is 1.42 bits per heavy atom. The number of halogens is 1. The molecule has 4 heteroatoms. The number of rotatable bonds is 3. The van der Waals surface area contributed by atoms with E-state index in [-0.39, 0.29) is 5.82 Å². The number of anilines is 1. The van der Waals surface area contributed by atoms with Crippen molar-refractivity contribution in [2.75, 3.05) is 32.1 Å². The average Bonchev–Trinajstić information content (AvgIpc) is 2.38. The Morgan fingerprint density at radius 3 is 2.79 bits per heavy atom. The van der Waals surface area contributed by atoms with Crippen LogP contribution in [0, 0.1) is 5.82 Å². The lowest BCUT2D eigenvalue weighted by atomic mass is 10.0. The zero-order valence-corrected chi connectivity index (χ0v) is 11.9. The molecule has 0 saturated carbocycles. The Hall–Kier alpha value is -1.13. The van der Waals surface area contributed by atoms with Gasteiger partial charge in [-0.25, -0.2) is 4.39 Å². The van der Waals surface area contributed by atoms with Crippen molar-refractivity contribution < 1.29 is 9.50 Å². The molecule has 1 aliphatic rings. The maximum Gasteiger partial charge on any atom is 0.146 e. The van der Waals surface area contributed by atoms with Crippen molar-refractivity contribution in [2.24, 2.45) is 0 Å². The molecule has 3 nitrogen and oxygen atoms in total. The predicted molar refractivity (Wildman–Crippen MR) is 76.0 cm³/mol. The smallest absolute Gasteiger partial charge is 0.146 e. The molecule has 0 bridgehead atoms. The fraction of sp³-hybridized carbons (Fsp3) is 0.600. The number of aliphatic hydroxyl groups excluding tert-OH is 1. The molecule has 2 rings (SSSR count). The number of aliphatic hydroxyl groups is 1. The molecule has 1 saturated heterocycles. The van der Waals surface area contributed by atoms with E-state index in [1.165, 1.54) is 6.07 Å². The summed E-state index contributed by atoms with van der Waals surface area (Å²) in [5.74, 6) is -0.238. The minimum absolute atomic E-state index is 0.238. The van der Waals surface area contributed by atoms with Gasteiger partial charge in [-0.05, 0) is 39.9 Å². The molecule has 0 aromatic heterocycles. The van der Waals surface area contributed by atoms with Gasteiger partial charge in [0, 0.05) is 24.7 Å². The third-order valence-corrected chi connectivity index (χ3v) is 3.91. The van der Waals surface area contributed by atoms with Crippen LogP contribution >= 0.6 is 0 Å². The molecule has 2 unspecified atom stereocenters. The predicted octanol–water partition coefficient (Wildman–Crippen LogP) is 2.41. The van der Waals surface area contributed by atoms with Crippen LogP contribution in [0.5, 0.6) is 0 Å². The highest BCUT2D eigenvalue weighted by Gasteiger charge is 2.25. The highest BCUT2D eigenvalue weighted by molar-refractivity contribution is 5.56. The van der Waals surface area contributed by atoms with Crippen LogP contribution in [0.3, 0.4) is 0 Å². The standard InChI is InChI=1S/C15H23FN2O/c1-11(19)13-7-4-8-14(16)15(13)18-9-5-6-12(10-18)17(2)3/h4,7-8,11-12,19H,5-6,9-10H2,1-3H3. The Bertz CT molecular complexity index is 434. The summed E-state index contributed by atoms with van der Waals surface area (Å²) in [6.45, 7) is 3.35. The highest BCUT2D eigenvalue weighted by Crippen LogP contribution is 2.31. The van der Waals surface area contributed by atoms with Crippen LogP contribution < -0.4 is 4.90 Å². The largest absolute Gasteiger partial charge is 0.389 e. The summed E-state index contributed by atoms with van der Waals surface area (Å²) < 4.78 is 14.2. The van der Waals surface area contributed by atoms with E-state index in [4.69, 9.17) is 0 Å². The number of hydrogen-bond acceptors (Lipinski definition) is 3. The zero-order chi connectivity index (χ0) is 14.0. The third-order valence-electron chi connectivity index (χ3n) is 3.91. The van der Waals surface area contributed by atoms with E-state index < -0.39 is 6.10 Å². The van der Waals surface area contributed by atoms with Gasteiger partial charge in [0.15, 0.2) is 0 Å². The van der Waals surface area contributed by atoms with E-state index in [2.05, 4.69) is 23.9 Å². The number of benzene rings is 1. The lowest BCUT2D eigenvalue weighted by molar-refractivity contribution is 0.198. The third kappa shape index (κ3) is 3.07. The molecule has 0 amide bonds. The van der Waals surface area contributed by atoms with Crippen molar-refractivity contribution in [1.82, 2.24) is 4.90 Å². The van der Waals surface area contributed by atoms with Crippen molar-refractivity contribution in [3.05, 3.63) is 29.6 Å². The van der Waals surface area contributed by atoms with Crippen LogP contribution in [-0.2, 0) is 0 Å². The monoisotopic (exact) mass is 266 g/mol. The topological polar surface area (TPSA) is 26.7 Å². The number of likely N-dealkylation sites (N-methyl/N-ethyl adjacent to an activating group) is 1. The molecule has 106 valence electrons. The van der Waals surface area contributed by atoms with Crippen LogP contribution in [-0.4, -0.2) is 43.2 Å². The van der Waals surface area contributed by atoms with Gasteiger partial charge >= 0.3 is 0 Å². The highest BCUT2D eigenvalue weighted by atomic mass is 19.1. The summed E-state index contributed by atoms with van der Waals surface area (Å²) in [4.78, 5) is 4.26. The molecule has 19 heavy (non-hydrogen) atoms. The van der Waals surface area contributed by atoms with Crippen molar-refractivity contribution in [3.63, 3.8) is 0 Å². The molecule has 1 N–H and O–H groups in total. The van der Waals surface area contributed by atoms with Gasteiger partial charge in [0.25, 0.3) is 0 Å². The minimum atomic E-state index is -0.648. The Labute approximate surface area is 114 Å². The van der Waals surface area contributed by atoms with Gasteiger partial charge in [0.05, 0.1) is 11.8 Å². The molecule has 0 radical (unpaired) electrons. The molecule has 1 fully saturated rings. The van der Waals surface area contributed by atoms with E-state index in [1.54, 1.807) is 13.0 Å². The van der Waals surface area contributed by atoms with E-state index in [1.807, 2.05) is 6.07 Å². The maximum absolute atomic E-state index is 14.2. The average molecular weight is 266 g/mol. The van der Waals surface area contributed by atoms with Crippen LogP contribution in [0.4, 0.5) is 10.1 Å². The maximum atomic E-state index is 14.2. The molecule has 0 spiro atoms. The second-order valence-electron chi connectivity index (χ2n) is 5.56. The van der Waals surface area contributed by atoms with Gasteiger partial charge in [-0.3, -0.25) is 0 Å². The number of nitrogens with zero attached hydrogens (tertiary/aromatic N) is 2. The minimum Gasteiger partial charge on any atom is -0.389 e. The SMILES string of the molecule is CC(O)c1cccc(F)c1N1CCCC(N(C)C)C1. The fourth-order valence-electron chi connectivity index (χ4n) is 2.78. The first kappa shape index (κ1) is 14.3. The summed E-state index contributed by atoms with van der Waals surface area (Å²) in [6.07, 6.45) is 1.55.